The summed E-state index contributed by atoms with van der Waals surface area (Å²) < 4.78 is 0. The van der Waals surface area contributed by atoms with E-state index in [1.807, 2.05) is 149 Å². The molecular weight excluding hydrogens is 705 g/mol. The van der Waals surface area contributed by atoms with E-state index in [4.69, 9.17) is 0 Å². The molecule has 6 rings (SSSR count). The van der Waals surface area contributed by atoms with Crippen LogP contribution in [0.3, 0.4) is 0 Å². The number of nitrogens with one attached hydrogen (secondary N) is 4. The van der Waals surface area contributed by atoms with Gasteiger partial charge in [-0.15, -0.1) is 0 Å². The summed E-state index contributed by atoms with van der Waals surface area (Å²) in [4.78, 5) is 54.6. The molecule has 6 N–H and O–H groups in total. The van der Waals surface area contributed by atoms with Gasteiger partial charge in [-0.05, 0) is 45.9 Å². The predicted octanol–water partition coefficient (Wildman–Crippen LogP) is 4.34. The first-order chi connectivity index (χ1) is 26.8. The average Bonchev–Trinajstić information content (AvgIpc) is 4.01. The van der Waals surface area contributed by atoms with Gasteiger partial charge in [-0.25, -0.2) is 0 Å². The summed E-state index contributed by atoms with van der Waals surface area (Å²) in [6.45, 7) is 8.19. The molecule has 4 aromatic rings. The van der Waals surface area contributed by atoms with E-state index in [0.717, 1.165) is 22.3 Å². The lowest BCUT2D eigenvalue weighted by molar-refractivity contribution is -0.130. The Bertz CT molecular complexity index is 1810. The summed E-state index contributed by atoms with van der Waals surface area (Å²) in [5, 5.41) is 35.9. The Morgan fingerprint density at radius 2 is 0.732 bits per heavy atom. The van der Waals surface area contributed by atoms with Crippen LogP contribution in [0.1, 0.15) is 49.9 Å². The standard InChI is InChI=1S/C46H54N4O6/c1-45(2)35(41(53)47-27-31-21-13-7-14-22-31)37(45)43(55)49-33(25-29-17-9-5-10-18-29)39(51)40(52)34(26-30-19-11-6-12-20-30)50-44(56)38-36(46(38,3)4)42(54)48-28-32-23-15-8-16-24-32/h5-24,33-40,51-52H,25-28H2,1-4H3,(H,47,53)(H,48,54)(H,49,55)(H,50,56)/t33-,34-,35+,36+,37+,38+,39+,40+/m0/s1. The lowest BCUT2D eigenvalue weighted by Gasteiger charge is -2.33. The summed E-state index contributed by atoms with van der Waals surface area (Å²) >= 11 is 0. The van der Waals surface area contributed by atoms with Crippen LogP contribution in [0.4, 0.5) is 0 Å². The average molecular weight is 759 g/mol. The van der Waals surface area contributed by atoms with Crippen LogP contribution < -0.4 is 21.3 Å². The fraction of sp³-hybridized carbons (Fsp3) is 0.391. The molecule has 10 nitrogen and oxygen atoms in total. The third-order valence-electron chi connectivity index (χ3n) is 11.8. The number of hydrogen-bond donors (Lipinski definition) is 6. The first kappa shape index (κ1) is 40.3. The van der Waals surface area contributed by atoms with Crippen LogP contribution in [0.15, 0.2) is 121 Å². The van der Waals surface area contributed by atoms with Gasteiger partial charge in [0.05, 0.1) is 35.8 Å². The smallest absolute Gasteiger partial charge is 0.224 e. The maximum Gasteiger partial charge on any atom is 0.224 e. The molecule has 4 aromatic carbocycles. The molecular formula is C46H54N4O6. The van der Waals surface area contributed by atoms with E-state index in [-0.39, 0.29) is 24.7 Å². The SMILES string of the molecule is CC1(C)[C@@H](C(=O)NCc2ccccc2)[C@@H]1C(=O)N[C@@H](Cc1ccccc1)[C@@H](O)[C@H](O)[C@H](Cc1ccccc1)NC(=O)[C@H]1[C@H](C(=O)NCc2ccccc2)C1(C)C. The van der Waals surface area contributed by atoms with Crippen molar-refractivity contribution < 1.29 is 29.4 Å². The molecule has 10 heteroatoms. The minimum absolute atomic E-state index is 0.189. The Morgan fingerprint density at radius 3 is 1.04 bits per heavy atom. The molecule has 0 bridgehead atoms. The van der Waals surface area contributed by atoms with Gasteiger partial charge in [0.1, 0.15) is 12.2 Å². The highest BCUT2D eigenvalue weighted by atomic mass is 16.3. The number of benzene rings is 4. The van der Waals surface area contributed by atoms with E-state index < -0.39 is 70.6 Å². The van der Waals surface area contributed by atoms with Crippen LogP contribution in [0, 0.1) is 34.5 Å². The summed E-state index contributed by atoms with van der Waals surface area (Å²) in [5.74, 6) is -3.68. The Kier molecular flexibility index (Phi) is 12.4. The molecule has 2 saturated carbocycles. The zero-order chi connectivity index (χ0) is 40.0. The molecule has 0 spiro atoms. The third kappa shape index (κ3) is 9.37. The van der Waals surface area contributed by atoms with E-state index in [2.05, 4.69) is 21.3 Å². The van der Waals surface area contributed by atoms with Gasteiger partial charge in [0, 0.05) is 13.1 Å². The number of carbonyl (C=O) groups is 4. The Balaban J connectivity index is 1.17. The van der Waals surface area contributed by atoms with Gasteiger partial charge >= 0.3 is 0 Å². The molecule has 0 aromatic heterocycles. The fourth-order valence-electron chi connectivity index (χ4n) is 8.29. The molecule has 294 valence electrons. The summed E-state index contributed by atoms with van der Waals surface area (Å²) in [5.41, 5.74) is 2.29. The molecule has 4 amide bonds. The zero-order valence-electron chi connectivity index (χ0n) is 32.5. The fourth-order valence-corrected chi connectivity index (χ4v) is 8.29. The van der Waals surface area contributed by atoms with Crippen LogP contribution in [0.25, 0.3) is 0 Å². The van der Waals surface area contributed by atoms with E-state index >= 15 is 0 Å². The Labute approximate surface area is 329 Å². The highest BCUT2D eigenvalue weighted by Crippen LogP contribution is 2.59. The number of amides is 4. The molecule has 2 fully saturated rings. The van der Waals surface area contributed by atoms with Crippen molar-refractivity contribution >= 4 is 23.6 Å². The molecule has 8 atom stereocenters. The van der Waals surface area contributed by atoms with Gasteiger partial charge in [-0.3, -0.25) is 19.2 Å². The van der Waals surface area contributed by atoms with E-state index in [9.17, 15) is 29.4 Å². The monoisotopic (exact) mass is 758 g/mol. The van der Waals surface area contributed by atoms with Crippen molar-refractivity contribution in [1.29, 1.82) is 0 Å². The summed E-state index contributed by atoms with van der Waals surface area (Å²) in [7, 11) is 0. The number of aliphatic hydroxyl groups is 2. The zero-order valence-corrected chi connectivity index (χ0v) is 32.5. The van der Waals surface area contributed by atoms with Crippen molar-refractivity contribution in [1.82, 2.24) is 21.3 Å². The molecule has 0 heterocycles. The predicted molar refractivity (Wildman–Crippen MR) is 214 cm³/mol. The maximum atomic E-state index is 14.0. The van der Waals surface area contributed by atoms with E-state index in [1.165, 1.54) is 0 Å². The minimum Gasteiger partial charge on any atom is -0.388 e. The number of hydrogen-bond acceptors (Lipinski definition) is 6. The van der Waals surface area contributed by atoms with Crippen molar-refractivity contribution in [2.45, 2.75) is 77.9 Å². The first-order valence-corrected chi connectivity index (χ1v) is 19.5. The summed E-state index contributed by atoms with van der Waals surface area (Å²) in [6, 6.07) is 35.8. The van der Waals surface area contributed by atoms with Gasteiger partial charge in [-0.2, -0.15) is 0 Å². The van der Waals surface area contributed by atoms with Crippen molar-refractivity contribution in [3.8, 4) is 0 Å². The molecule has 0 radical (unpaired) electrons. The second kappa shape index (κ2) is 17.2. The molecule has 2 aliphatic rings. The van der Waals surface area contributed by atoms with Crippen LogP contribution in [0.5, 0.6) is 0 Å². The second-order valence-corrected chi connectivity index (χ2v) is 16.6. The second-order valence-electron chi connectivity index (χ2n) is 16.6. The summed E-state index contributed by atoms with van der Waals surface area (Å²) in [6.07, 6.45) is -2.66. The van der Waals surface area contributed by atoms with Crippen molar-refractivity contribution in [3.05, 3.63) is 144 Å². The van der Waals surface area contributed by atoms with Crippen LogP contribution in [0.2, 0.25) is 0 Å². The highest BCUT2D eigenvalue weighted by Gasteiger charge is 2.66. The maximum absolute atomic E-state index is 14.0. The Morgan fingerprint density at radius 1 is 0.464 bits per heavy atom. The largest absolute Gasteiger partial charge is 0.388 e. The Hall–Kier alpha value is -5.32. The van der Waals surface area contributed by atoms with Crippen LogP contribution >= 0.6 is 0 Å². The molecule has 0 saturated heterocycles. The van der Waals surface area contributed by atoms with E-state index in [1.54, 1.807) is 0 Å². The molecule has 2 aliphatic carbocycles. The molecule has 0 unspecified atom stereocenters. The van der Waals surface area contributed by atoms with Crippen molar-refractivity contribution in [2.24, 2.45) is 34.5 Å². The minimum atomic E-state index is -1.52. The topological polar surface area (TPSA) is 157 Å². The first-order valence-electron chi connectivity index (χ1n) is 19.5. The lowest BCUT2D eigenvalue weighted by atomic mass is 9.90. The van der Waals surface area contributed by atoms with Gasteiger partial charge in [0.25, 0.3) is 0 Å². The molecule has 0 aliphatic heterocycles. The van der Waals surface area contributed by atoms with Gasteiger partial charge in [0.2, 0.25) is 23.6 Å². The van der Waals surface area contributed by atoms with Crippen LogP contribution in [-0.2, 0) is 45.1 Å². The normalized spacial score (nSPS) is 22.3. The molecule has 56 heavy (non-hydrogen) atoms. The van der Waals surface area contributed by atoms with Crippen molar-refractivity contribution in [2.75, 3.05) is 0 Å². The number of carbonyl (C=O) groups excluding carboxylic acids is 4. The van der Waals surface area contributed by atoms with Crippen LogP contribution in [-0.4, -0.2) is 58.1 Å². The number of aliphatic hydroxyl groups excluding tert-OH is 2. The van der Waals surface area contributed by atoms with Gasteiger partial charge in [0.15, 0.2) is 0 Å². The highest BCUT2D eigenvalue weighted by molar-refractivity contribution is 5.95. The van der Waals surface area contributed by atoms with Gasteiger partial charge < -0.3 is 31.5 Å². The van der Waals surface area contributed by atoms with E-state index in [0.29, 0.717) is 13.1 Å². The third-order valence-corrected chi connectivity index (χ3v) is 11.8. The van der Waals surface area contributed by atoms with Crippen molar-refractivity contribution in [3.63, 3.8) is 0 Å². The van der Waals surface area contributed by atoms with Gasteiger partial charge in [-0.1, -0.05) is 149 Å². The quantitative estimate of drug-likeness (QED) is 0.0942. The number of rotatable bonds is 17. The lowest BCUT2D eigenvalue weighted by Crippen LogP contribution is -2.58.